The average molecular weight is 436 g/mol. The Morgan fingerprint density at radius 3 is 2.83 bits per heavy atom. The normalized spacial score (nSPS) is 10.6. The standard InChI is InChI=1S/C20H17N7OS2/c1-13-12-29-19(23-13)24-18-16(28-14-6-4-3-5-7-14)10-15(11-22-18)30-20-26-25-17(8-9-21)27(20)2/h3-7,10-12H,8H2,1-2H3,(H,22,23,24). The Balaban J connectivity index is 1.64. The van der Waals surface area contributed by atoms with Crippen LogP contribution < -0.4 is 10.1 Å². The van der Waals surface area contributed by atoms with Crippen molar-refractivity contribution in [1.29, 1.82) is 5.26 Å². The van der Waals surface area contributed by atoms with Gasteiger partial charge in [-0.05, 0) is 30.8 Å². The minimum Gasteiger partial charge on any atom is -0.453 e. The lowest BCUT2D eigenvalue weighted by Gasteiger charge is -2.12. The van der Waals surface area contributed by atoms with Gasteiger partial charge >= 0.3 is 0 Å². The number of thiazole rings is 1. The minimum atomic E-state index is 0.209. The molecule has 0 unspecified atom stereocenters. The van der Waals surface area contributed by atoms with Crippen LogP contribution in [0, 0.1) is 18.3 Å². The number of ether oxygens (including phenoxy) is 1. The van der Waals surface area contributed by atoms with Crippen molar-refractivity contribution < 1.29 is 4.74 Å². The molecule has 0 fully saturated rings. The fourth-order valence-corrected chi connectivity index (χ4v) is 4.04. The summed E-state index contributed by atoms with van der Waals surface area (Å²) in [6.07, 6.45) is 1.95. The Kier molecular flexibility index (Phi) is 5.92. The van der Waals surface area contributed by atoms with Crippen molar-refractivity contribution >= 4 is 34.0 Å². The van der Waals surface area contributed by atoms with Crippen LogP contribution in [0.25, 0.3) is 0 Å². The molecule has 4 rings (SSSR count). The van der Waals surface area contributed by atoms with Gasteiger partial charge in [0.15, 0.2) is 21.9 Å². The molecule has 0 spiro atoms. The topological polar surface area (TPSA) is 102 Å². The van der Waals surface area contributed by atoms with Gasteiger partial charge in [-0.1, -0.05) is 18.2 Å². The summed E-state index contributed by atoms with van der Waals surface area (Å²) in [6.45, 7) is 1.94. The SMILES string of the molecule is Cc1csc(Nc2ncc(Sc3nnc(CC#N)n3C)cc2Oc2ccccc2)n1. The second-order valence-corrected chi connectivity index (χ2v) is 8.15. The maximum atomic E-state index is 8.90. The number of hydrogen-bond donors (Lipinski definition) is 1. The summed E-state index contributed by atoms with van der Waals surface area (Å²) in [7, 11) is 1.84. The predicted octanol–water partition coefficient (Wildman–Crippen LogP) is 4.73. The number of aryl methyl sites for hydroxylation is 1. The van der Waals surface area contributed by atoms with Gasteiger partial charge in [-0.25, -0.2) is 9.97 Å². The number of pyridine rings is 1. The van der Waals surface area contributed by atoms with E-state index in [1.54, 1.807) is 10.8 Å². The molecule has 0 aliphatic heterocycles. The van der Waals surface area contributed by atoms with E-state index in [1.807, 2.05) is 55.7 Å². The van der Waals surface area contributed by atoms with E-state index >= 15 is 0 Å². The summed E-state index contributed by atoms with van der Waals surface area (Å²) >= 11 is 2.91. The smallest absolute Gasteiger partial charge is 0.195 e. The summed E-state index contributed by atoms with van der Waals surface area (Å²) in [5.41, 5.74) is 0.940. The van der Waals surface area contributed by atoms with Crippen LogP contribution in [0.5, 0.6) is 11.5 Å². The molecule has 1 N–H and O–H groups in total. The van der Waals surface area contributed by atoms with Crippen LogP contribution in [0.3, 0.4) is 0 Å². The molecule has 10 heteroatoms. The van der Waals surface area contributed by atoms with E-state index in [-0.39, 0.29) is 6.42 Å². The van der Waals surface area contributed by atoms with Crippen LogP contribution in [0.2, 0.25) is 0 Å². The highest BCUT2D eigenvalue weighted by Gasteiger charge is 2.14. The van der Waals surface area contributed by atoms with Crippen LogP contribution >= 0.6 is 23.1 Å². The molecular formula is C20H17N7OS2. The quantitative estimate of drug-likeness (QED) is 0.445. The molecule has 0 radical (unpaired) electrons. The van der Waals surface area contributed by atoms with Crippen LogP contribution in [0.1, 0.15) is 11.5 Å². The van der Waals surface area contributed by atoms with Gasteiger partial charge in [0.1, 0.15) is 11.6 Å². The van der Waals surface area contributed by atoms with Crippen LogP contribution in [-0.2, 0) is 13.5 Å². The lowest BCUT2D eigenvalue weighted by atomic mass is 10.3. The van der Waals surface area contributed by atoms with Gasteiger partial charge in [0.25, 0.3) is 0 Å². The van der Waals surface area contributed by atoms with Gasteiger partial charge in [-0.3, -0.25) is 0 Å². The summed E-state index contributed by atoms with van der Waals surface area (Å²) < 4.78 is 7.90. The monoisotopic (exact) mass is 435 g/mol. The lowest BCUT2D eigenvalue weighted by molar-refractivity contribution is 0.481. The first-order valence-corrected chi connectivity index (χ1v) is 10.7. The fraction of sp³-hybridized carbons (Fsp3) is 0.150. The Labute approximate surface area is 181 Å². The predicted molar refractivity (Wildman–Crippen MR) is 115 cm³/mol. The number of hydrogen-bond acceptors (Lipinski definition) is 9. The molecule has 0 atom stereocenters. The van der Waals surface area contributed by atoms with Gasteiger partial charge in [0.2, 0.25) is 0 Å². The van der Waals surface area contributed by atoms with Crippen molar-refractivity contribution in [2.75, 3.05) is 5.32 Å². The van der Waals surface area contributed by atoms with Crippen LogP contribution in [-0.4, -0.2) is 24.7 Å². The van der Waals surface area contributed by atoms with Gasteiger partial charge in [0, 0.05) is 29.6 Å². The molecule has 8 nitrogen and oxygen atoms in total. The zero-order chi connectivity index (χ0) is 20.9. The molecule has 4 aromatic rings. The van der Waals surface area contributed by atoms with Crippen LogP contribution in [0.4, 0.5) is 10.9 Å². The van der Waals surface area contributed by atoms with Crippen LogP contribution in [0.15, 0.2) is 58.0 Å². The van der Waals surface area contributed by atoms with E-state index in [1.165, 1.54) is 23.1 Å². The highest BCUT2D eigenvalue weighted by Crippen LogP contribution is 2.36. The Hall–Kier alpha value is -3.42. The summed E-state index contributed by atoms with van der Waals surface area (Å²) in [5.74, 6) is 2.46. The molecule has 3 aromatic heterocycles. The molecule has 30 heavy (non-hydrogen) atoms. The zero-order valence-electron chi connectivity index (χ0n) is 16.2. The first-order chi connectivity index (χ1) is 14.6. The number of nitriles is 1. The summed E-state index contributed by atoms with van der Waals surface area (Å²) in [5, 5.41) is 23.7. The molecular weight excluding hydrogens is 418 g/mol. The number of anilines is 2. The number of nitrogens with one attached hydrogen (secondary N) is 1. The lowest BCUT2D eigenvalue weighted by Crippen LogP contribution is -1.99. The van der Waals surface area contributed by atoms with E-state index in [9.17, 15) is 0 Å². The molecule has 150 valence electrons. The Bertz CT molecular complexity index is 1200. The zero-order valence-corrected chi connectivity index (χ0v) is 17.9. The molecule has 0 amide bonds. The molecule has 3 heterocycles. The first-order valence-electron chi connectivity index (χ1n) is 8.97. The average Bonchev–Trinajstić information content (AvgIpc) is 3.31. The van der Waals surface area contributed by atoms with Gasteiger partial charge < -0.3 is 14.6 Å². The molecule has 1 aromatic carbocycles. The Morgan fingerprint density at radius 2 is 2.10 bits per heavy atom. The van der Waals surface area contributed by atoms with Crippen molar-refractivity contribution in [3.05, 3.63) is 59.5 Å². The highest BCUT2D eigenvalue weighted by molar-refractivity contribution is 7.99. The molecule has 0 saturated heterocycles. The summed E-state index contributed by atoms with van der Waals surface area (Å²) in [4.78, 5) is 9.82. The van der Waals surface area contributed by atoms with Gasteiger partial charge in [-0.2, -0.15) is 5.26 Å². The van der Waals surface area contributed by atoms with E-state index in [0.29, 0.717) is 28.3 Å². The van der Waals surface area contributed by atoms with E-state index in [0.717, 1.165) is 15.7 Å². The molecule has 0 aliphatic carbocycles. The highest BCUT2D eigenvalue weighted by atomic mass is 32.2. The van der Waals surface area contributed by atoms with E-state index in [2.05, 4.69) is 31.6 Å². The third-order valence-electron chi connectivity index (χ3n) is 4.01. The minimum absolute atomic E-state index is 0.209. The third kappa shape index (κ3) is 4.59. The Morgan fingerprint density at radius 1 is 1.27 bits per heavy atom. The maximum Gasteiger partial charge on any atom is 0.195 e. The number of rotatable bonds is 7. The summed E-state index contributed by atoms with van der Waals surface area (Å²) in [6, 6.07) is 13.5. The van der Waals surface area contributed by atoms with Crippen molar-refractivity contribution in [3.63, 3.8) is 0 Å². The number of para-hydroxylation sites is 1. The molecule has 0 aliphatic rings. The molecule has 0 saturated carbocycles. The number of nitrogens with zero attached hydrogens (tertiary/aromatic N) is 6. The van der Waals surface area contributed by atoms with Gasteiger partial charge in [-0.15, -0.1) is 21.5 Å². The van der Waals surface area contributed by atoms with Crippen molar-refractivity contribution in [2.45, 2.75) is 23.4 Å². The fourth-order valence-electron chi connectivity index (χ4n) is 2.55. The van der Waals surface area contributed by atoms with Crippen molar-refractivity contribution in [1.82, 2.24) is 24.7 Å². The largest absolute Gasteiger partial charge is 0.453 e. The van der Waals surface area contributed by atoms with E-state index in [4.69, 9.17) is 10.00 Å². The number of benzene rings is 1. The maximum absolute atomic E-state index is 8.90. The van der Waals surface area contributed by atoms with Gasteiger partial charge in [0.05, 0.1) is 18.2 Å². The van der Waals surface area contributed by atoms with Crippen molar-refractivity contribution in [3.8, 4) is 17.6 Å². The second kappa shape index (κ2) is 8.94. The number of aromatic nitrogens is 5. The molecule has 0 bridgehead atoms. The van der Waals surface area contributed by atoms with Crippen molar-refractivity contribution in [2.24, 2.45) is 7.05 Å². The first kappa shape index (κ1) is 19.9. The third-order valence-corrected chi connectivity index (χ3v) is 5.89. The second-order valence-electron chi connectivity index (χ2n) is 6.25. The van der Waals surface area contributed by atoms with E-state index < -0.39 is 0 Å².